The number of rotatable bonds is 5. The number of nitrogens with one attached hydrogen (secondary N) is 1. The number of benzene rings is 1. The van der Waals surface area contributed by atoms with Crippen molar-refractivity contribution in [3.05, 3.63) is 77.7 Å². The Morgan fingerprint density at radius 3 is 2.62 bits per heavy atom. The number of pyridine rings is 1. The molecule has 29 heavy (non-hydrogen) atoms. The Bertz CT molecular complexity index is 1240. The van der Waals surface area contributed by atoms with Crippen molar-refractivity contribution < 1.29 is 14.6 Å². The molecule has 0 unspecified atom stereocenters. The summed E-state index contributed by atoms with van der Waals surface area (Å²) in [6.07, 6.45) is 4.37. The molecule has 4 rings (SSSR count). The van der Waals surface area contributed by atoms with Crippen LogP contribution in [0.3, 0.4) is 0 Å². The van der Waals surface area contributed by atoms with Crippen LogP contribution < -0.4 is 10.1 Å². The molecule has 3 aromatic heterocycles. The van der Waals surface area contributed by atoms with E-state index >= 15 is 0 Å². The normalized spacial score (nSPS) is 10.5. The van der Waals surface area contributed by atoms with E-state index in [1.807, 2.05) is 30.3 Å². The molecule has 3 heterocycles. The molecule has 0 fully saturated rings. The second kappa shape index (κ2) is 7.32. The number of aromatic carboxylic acids is 1. The maximum absolute atomic E-state index is 11.5. The summed E-state index contributed by atoms with van der Waals surface area (Å²) in [4.78, 5) is 15.8. The lowest BCUT2D eigenvalue weighted by atomic mass is 10.1. The molecule has 0 radical (unpaired) electrons. The van der Waals surface area contributed by atoms with Crippen LogP contribution in [0, 0.1) is 18.3 Å². The van der Waals surface area contributed by atoms with Crippen LogP contribution in [-0.4, -0.2) is 25.7 Å². The zero-order chi connectivity index (χ0) is 20.4. The fraction of sp³-hybridized carbons (Fsp3) is 0.0476. The minimum Gasteiger partial charge on any atom is -0.478 e. The van der Waals surface area contributed by atoms with Gasteiger partial charge in [0.15, 0.2) is 0 Å². The van der Waals surface area contributed by atoms with Crippen molar-refractivity contribution in [3.63, 3.8) is 0 Å². The Hall–Kier alpha value is -4.38. The first-order valence-electron chi connectivity index (χ1n) is 8.67. The maximum Gasteiger partial charge on any atom is 0.337 e. The van der Waals surface area contributed by atoms with E-state index in [-0.39, 0.29) is 11.1 Å². The number of ether oxygens (including phenoxy) is 1. The number of aromatic nitrogens is 3. The molecule has 0 aliphatic heterocycles. The van der Waals surface area contributed by atoms with E-state index in [0.29, 0.717) is 34.1 Å². The van der Waals surface area contributed by atoms with Crippen LogP contribution in [-0.2, 0) is 0 Å². The van der Waals surface area contributed by atoms with Crippen LogP contribution in [0.4, 0.5) is 11.5 Å². The summed E-state index contributed by atoms with van der Waals surface area (Å²) in [5, 5.41) is 26.1. The number of nitrogens with zero attached hydrogens (tertiary/aromatic N) is 4. The Morgan fingerprint density at radius 2 is 1.97 bits per heavy atom. The van der Waals surface area contributed by atoms with E-state index in [9.17, 15) is 15.2 Å². The van der Waals surface area contributed by atoms with Crippen molar-refractivity contribution in [2.75, 3.05) is 5.32 Å². The summed E-state index contributed by atoms with van der Waals surface area (Å²) in [6, 6.07) is 14.9. The second-order valence-corrected chi connectivity index (χ2v) is 6.23. The molecule has 0 aliphatic carbocycles. The van der Waals surface area contributed by atoms with Gasteiger partial charge in [-0.15, -0.1) is 0 Å². The smallest absolute Gasteiger partial charge is 0.337 e. The molecule has 8 heteroatoms. The van der Waals surface area contributed by atoms with Crippen LogP contribution in [0.15, 0.2) is 61.1 Å². The van der Waals surface area contributed by atoms with E-state index in [1.54, 1.807) is 25.3 Å². The molecule has 0 atom stereocenters. The summed E-state index contributed by atoms with van der Waals surface area (Å²) in [5.41, 5.74) is 1.86. The van der Waals surface area contributed by atoms with Gasteiger partial charge in [0, 0.05) is 6.20 Å². The monoisotopic (exact) mass is 385 g/mol. The average Bonchev–Trinajstić information content (AvgIpc) is 3.08. The predicted octanol–water partition coefficient (Wildman–Crippen LogP) is 4.14. The SMILES string of the molecule is Cc1c(C(=O)O)cn2ncc(C#N)c(Nc3ccc(Oc4ccccc4)cn3)c12. The summed E-state index contributed by atoms with van der Waals surface area (Å²) in [6.45, 7) is 1.68. The number of carboxylic acid groups (broad SMARTS) is 1. The van der Waals surface area contributed by atoms with Gasteiger partial charge >= 0.3 is 5.97 Å². The van der Waals surface area contributed by atoms with Gasteiger partial charge in [0.05, 0.1) is 34.7 Å². The lowest BCUT2D eigenvalue weighted by Crippen LogP contribution is -2.02. The van der Waals surface area contributed by atoms with E-state index < -0.39 is 5.97 Å². The number of carboxylic acids is 1. The highest BCUT2D eigenvalue weighted by molar-refractivity contribution is 5.95. The highest BCUT2D eigenvalue weighted by atomic mass is 16.5. The zero-order valence-electron chi connectivity index (χ0n) is 15.3. The van der Waals surface area contributed by atoms with Gasteiger partial charge in [-0.25, -0.2) is 14.3 Å². The number of aryl methyl sites for hydroxylation is 1. The molecule has 2 N–H and O–H groups in total. The molecule has 0 saturated carbocycles. The number of fused-ring (bicyclic) bond motifs is 1. The highest BCUT2D eigenvalue weighted by Crippen LogP contribution is 2.30. The minimum absolute atomic E-state index is 0.121. The fourth-order valence-electron chi connectivity index (χ4n) is 2.98. The van der Waals surface area contributed by atoms with Crippen LogP contribution in [0.2, 0.25) is 0 Å². The molecule has 142 valence electrons. The third-order valence-corrected chi connectivity index (χ3v) is 4.38. The number of para-hydroxylation sites is 1. The Labute approximate surface area is 165 Å². The van der Waals surface area contributed by atoms with E-state index in [4.69, 9.17) is 4.74 Å². The topological polar surface area (TPSA) is 113 Å². The molecule has 0 spiro atoms. The van der Waals surface area contributed by atoms with Gasteiger partial charge in [-0.1, -0.05) is 18.2 Å². The molecule has 1 aromatic carbocycles. The third-order valence-electron chi connectivity index (χ3n) is 4.38. The van der Waals surface area contributed by atoms with Crippen molar-refractivity contribution in [1.82, 2.24) is 14.6 Å². The third kappa shape index (κ3) is 3.44. The molecule has 0 bridgehead atoms. The van der Waals surface area contributed by atoms with Gasteiger partial charge in [-0.05, 0) is 36.8 Å². The van der Waals surface area contributed by atoms with Crippen molar-refractivity contribution in [3.8, 4) is 17.6 Å². The molecular formula is C21H15N5O3. The maximum atomic E-state index is 11.5. The average molecular weight is 385 g/mol. The molecular weight excluding hydrogens is 370 g/mol. The Morgan fingerprint density at radius 1 is 1.17 bits per heavy atom. The Balaban J connectivity index is 1.68. The standard InChI is InChI=1S/C21H15N5O3/c1-13-17(21(27)28)12-26-20(13)19(14(9-22)10-24-26)25-18-8-7-16(11-23-18)29-15-5-3-2-4-6-15/h2-8,10-12H,1H3,(H,23,25)(H,27,28). The van der Waals surface area contributed by atoms with Crippen molar-refractivity contribution >= 4 is 23.0 Å². The van der Waals surface area contributed by atoms with Crippen LogP contribution >= 0.6 is 0 Å². The second-order valence-electron chi connectivity index (χ2n) is 6.23. The first-order chi connectivity index (χ1) is 14.1. The molecule has 0 aliphatic rings. The van der Waals surface area contributed by atoms with Crippen molar-refractivity contribution in [1.29, 1.82) is 5.26 Å². The van der Waals surface area contributed by atoms with Gasteiger partial charge in [-0.2, -0.15) is 10.4 Å². The molecule has 0 saturated heterocycles. The van der Waals surface area contributed by atoms with E-state index in [0.717, 1.165) is 0 Å². The zero-order valence-corrected chi connectivity index (χ0v) is 15.3. The largest absolute Gasteiger partial charge is 0.478 e. The number of carbonyl (C=O) groups is 1. The van der Waals surface area contributed by atoms with Gasteiger partial charge < -0.3 is 15.2 Å². The van der Waals surface area contributed by atoms with Gasteiger partial charge in [-0.3, -0.25) is 0 Å². The lowest BCUT2D eigenvalue weighted by molar-refractivity contribution is 0.0696. The summed E-state index contributed by atoms with van der Waals surface area (Å²) in [5.74, 6) is 0.683. The van der Waals surface area contributed by atoms with Crippen LogP contribution in [0.5, 0.6) is 11.5 Å². The molecule has 0 amide bonds. The summed E-state index contributed by atoms with van der Waals surface area (Å²) >= 11 is 0. The van der Waals surface area contributed by atoms with Crippen LogP contribution in [0.1, 0.15) is 21.5 Å². The van der Waals surface area contributed by atoms with Gasteiger partial charge in [0.1, 0.15) is 23.4 Å². The number of anilines is 2. The van der Waals surface area contributed by atoms with Gasteiger partial charge in [0.25, 0.3) is 0 Å². The Kier molecular flexibility index (Phi) is 4.55. The predicted molar refractivity (Wildman–Crippen MR) is 106 cm³/mol. The quantitative estimate of drug-likeness (QED) is 0.531. The van der Waals surface area contributed by atoms with E-state index in [1.165, 1.54) is 16.9 Å². The molecule has 4 aromatic rings. The highest BCUT2D eigenvalue weighted by Gasteiger charge is 2.19. The first-order valence-corrected chi connectivity index (χ1v) is 8.67. The van der Waals surface area contributed by atoms with Crippen molar-refractivity contribution in [2.24, 2.45) is 0 Å². The number of hydrogen-bond donors (Lipinski definition) is 2. The van der Waals surface area contributed by atoms with Crippen molar-refractivity contribution in [2.45, 2.75) is 6.92 Å². The summed E-state index contributed by atoms with van der Waals surface area (Å²) in [7, 11) is 0. The first kappa shape index (κ1) is 18.0. The molecule has 8 nitrogen and oxygen atoms in total. The number of nitriles is 1. The fourth-order valence-corrected chi connectivity index (χ4v) is 2.98. The number of hydrogen-bond acceptors (Lipinski definition) is 6. The van der Waals surface area contributed by atoms with Gasteiger partial charge in [0.2, 0.25) is 0 Å². The summed E-state index contributed by atoms with van der Waals surface area (Å²) < 4.78 is 7.16. The van der Waals surface area contributed by atoms with E-state index in [2.05, 4.69) is 21.5 Å². The lowest BCUT2D eigenvalue weighted by Gasteiger charge is -2.11. The minimum atomic E-state index is -1.06. The van der Waals surface area contributed by atoms with Crippen LogP contribution in [0.25, 0.3) is 5.52 Å².